The molecule has 0 aromatic carbocycles. The molecule has 0 aliphatic rings. The van der Waals surface area contributed by atoms with Gasteiger partial charge in [-0.3, -0.25) is 14.4 Å². The molecule has 0 N–H and O–H groups in total. The van der Waals surface area contributed by atoms with Gasteiger partial charge in [-0.15, -0.1) is 0 Å². The van der Waals surface area contributed by atoms with E-state index in [1.54, 1.807) is 0 Å². The zero-order chi connectivity index (χ0) is 45.8. The van der Waals surface area contributed by atoms with Crippen LogP contribution in [-0.2, 0) is 28.6 Å². The summed E-state index contributed by atoms with van der Waals surface area (Å²) in [5.74, 6) is -0.995. The van der Waals surface area contributed by atoms with Crippen LogP contribution in [0.1, 0.15) is 252 Å². The fourth-order valence-electron chi connectivity index (χ4n) is 7.17. The molecule has 0 aliphatic heterocycles. The Morgan fingerprint density at radius 2 is 0.587 bits per heavy atom. The second-order valence-electron chi connectivity index (χ2n) is 17.4. The number of unbranched alkanes of at least 4 members (excludes halogenated alkanes) is 24. The first-order valence-electron chi connectivity index (χ1n) is 26.4. The van der Waals surface area contributed by atoms with E-state index in [0.29, 0.717) is 19.3 Å². The summed E-state index contributed by atoms with van der Waals surface area (Å²) in [5, 5.41) is 0. The number of esters is 3. The first-order chi connectivity index (χ1) is 31.0. The molecule has 1 atom stereocenters. The Balaban J connectivity index is 4.51. The van der Waals surface area contributed by atoms with Crippen molar-refractivity contribution in [3.8, 4) is 0 Å². The Labute approximate surface area is 389 Å². The van der Waals surface area contributed by atoms with Crippen LogP contribution in [-0.4, -0.2) is 37.2 Å². The fourth-order valence-corrected chi connectivity index (χ4v) is 7.17. The standard InChI is InChI=1S/C57H98O6/c1-4-7-10-13-16-19-22-25-27-28-30-32-35-38-41-44-47-50-56(59)62-53-54(52-61-55(58)49-46-43-40-37-34-31-24-21-18-15-12-9-6-3)63-57(60)51-48-45-42-39-36-33-29-26-23-20-17-14-11-8-5-2/h17,20,25-27,29-30,32,36,38-39,41,54H,4-16,18-19,21-24,28,31,33-35,37,40,42-53H2,1-3H3/b20-17-,27-25-,29-26-,32-30-,39-36-,41-38-/t54-/m0/s1. The number of hydrogen-bond acceptors (Lipinski definition) is 6. The monoisotopic (exact) mass is 879 g/mol. The van der Waals surface area contributed by atoms with Crippen LogP contribution in [0.3, 0.4) is 0 Å². The molecule has 0 saturated heterocycles. The van der Waals surface area contributed by atoms with Crippen molar-refractivity contribution in [3.63, 3.8) is 0 Å². The van der Waals surface area contributed by atoms with Crippen molar-refractivity contribution >= 4 is 17.9 Å². The molecule has 0 radical (unpaired) electrons. The third-order valence-electron chi connectivity index (χ3n) is 11.2. The van der Waals surface area contributed by atoms with Crippen LogP contribution < -0.4 is 0 Å². The molecule has 0 spiro atoms. The van der Waals surface area contributed by atoms with Gasteiger partial charge in [0.15, 0.2) is 6.10 Å². The number of carbonyl (C=O) groups is 3. The summed E-state index contributed by atoms with van der Waals surface area (Å²) in [6, 6.07) is 0. The maximum atomic E-state index is 12.8. The van der Waals surface area contributed by atoms with Crippen molar-refractivity contribution in [1.29, 1.82) is 0 Å². The van der Waals surface area contributed by atoms with E-state index in [9.17, 15) is 14.4 Å². The van der Waals surface area contributed by atoms with Crippen molar-refractivity contribution in [2.24, 2.45) is 0 Å². The molecule has 6 nitrogen and oxygen atoms in total. The van der Waals surface area contributed by atoms with Crippen molar-refractivity contribution in [3.05, 3.63) is 72.9 Å². The van der Waals surface area contributed by atoms with Crippen molar-refractivity contribution in [1.82, 2.24) is 0 Å². The largest absolute Gasteiger partial charge is 0.462 e. The van der Waals surface area contributed by atoms with Gasteiger partial charge in [0, 0.05) is 19.3 Å². The summed E-state index contributed by atoms with van der Waals surface area (Å²) < 4.78 is 16.7. The van der Waals surface area contributed by atoms with Crippen LogP contribution in [0.2, 0.25) is 0 Å². The highest BCUT2D eigenvalue weighted by Gasteiger charge is 2.19. The molecule has 63 heavy (non-hydrogen) atoms. The molecule has 0 rings (SSSR count). The van der Waals surface area contributed by atoms with Gasteiger partial charge in [0.25, 0.3) is 0 Å². The van der Waals surface area contributed by atoms with Gasteiger partial charge < -0.3 is 14.2 Å². The Morgan fingerprint density at radius 1 is 0.317 bits per heavy atom. The van der Waals surface area contributed by atoms with E-state index < -0.39 is 6.10 Å². The van der Waals surface area contributed by atoms with Crippen molar-refractivity contribution in [2.75, 3.05) is 13.2 Å². The first-order valence-corrected chi connectivity index (χ1v) is 26.4. The molecule has 362 valence electrons. The lowest BCUT2D eigenvalue weighted by molar-refractivity contribution is -0.167. The Morgan fingerprint density at radius 3 is 1.02 bits per heavy atom. The van der Waals surface area contributed by atoms with E-state index >= 15 is 0 Å². The highest BCUT2D eigenvalue weighted by Crippen LogP contribution is 2.14. The molecule has 0 amide bonds. The topological polar surface area (TPSA) is 78.9 Å². The lowest BCUT2D eigenvalue weighted by Crippen LogP contribution is -2.30. The van der Waals surface area contributed by atoms with E-state index in [4.69, 9.17) is 14.2 Å². The minimum absolute atomic E-state index is 0.105. The summed E-state index contributed by atoms with van der Waals surface area (Å²) >= 11 is 0. The smallest absolute Gasteiger partial charge is 0.306 e. The van der Waals surface area contributed by atoms with Gasteiger partial charge in [-0.25, -0.2) is 0 Å². The molecule has 6 heteroatoms. The van der Waals surface area contributed by atoms with Gasteiger partial charge >= 0.3 is 17.9 Å². The maximum Gasteiger partial charge on any atom is 0.306 e. The third kappa shape index (κ3) is 49.7. The minimum atomic E-state index is -0.813. The molecule has 0 aliphatic carbocycles. The van der Waals surface area contributed by atoms with Crippen LogP contribution in [0.25, 0.3) is 0 Å². The van der Waals surface area contributed by atoms with Gasteiger partial charge in [0.1, 0.15) is 13.2 Å². The van der Waals surface area contributed by atoms with Crippen LogP contribution in [0.5, 0.6) is 0 Å². The SMILES string of the molecule is CCCCC/C=C\C/C=C\C/C=C\CCCCC(=O)O[C@H](COC(=O)CCC/C=C\C/C=C\C/C=C\CCCCCCCC)COC(=O)CCCCCCCCCCCCCCC. The number of rotatable bonds is 47. The predicted octanol–water partition coefficient (Wildman–Crippen LogP) is 17.4. The molecule has 0 saturated carbocycles. The summed E-state index contributed by atoms with van der Waals surface area (Å²) in [6.45, 7) is 6.53. The van der Waals surface area contributed by atoms with Crippen molar-refractivity contribution in [2.45, 2.75) is 258 Å². The van der Waals surface area contributed by atoms with E-state index in [1.807, 2.05) is 0 Å². The van der Waals surface area contributed by atoms with Gasteiger partial charge in [-0.2, -0.15) is 0 Å². The average molecular weight is 879 g/mol. The molecule has 0 aromatic heterocycles. The van der Waals surface area contributed by atoms with Crippen LogP contribution in [0.4, 0.5) is 0 Å². The molecule has 0 fully saturated rings. The Bertz CT molecular complexity index is 1190. The summed E-state index contributed by atoms with van der Waals surface area (Å²) in [6.07, 6.45) is 64.6. The predicted molar refractivity (Wildman–Crippen MR) is 270 cm³/mol. The van der Waals surface area contributed by atoms with Crippen LogP contribution in [0.15, 0.2) is 72.9 Å². The lowest BCUT2D eigenvalue weighted by Gasteiger charge is -2.18. The van der Waals surface area contributed by atoms with E-state index in [0.717, 1.165) is 64.2 Å². The highest BCUT2D eigenvalue weighted by atomic mass is 16.6. The third-order valence-corrected chi connectivity index (χ3v) is 11.2. The van der Waals surface area contributed by atoms with Gasteiger partial charge in [0.05, 0.1) is 0 Å². The number of allylic oxidation sites excluding steroid dienone is 12. The van der Waals surface area contributed by atoms with Crippen LogP contribution in [0, 0.1) is 0 Å². The normalized spacial score (nSPS) is 12.6. The zero-order valence-electron chi connectivity index (χ0n) is 41.3. The maximum absolute atomic E-state index is 12.8. The first kappa shape index (κ1) is 59.9. The zero-order valence-corrected chi connectivity index (χ0v) is 41.3. The highest BCUT2D eigenvalue weighted by molar-refractivity contribution is 5.71. The fraction of sp³-hybridized carbons (Fsp3) is 0.737. The Kier molecular flexibility index (Phi) is 48.9. The molecule has 0 heterocycles. The van der Waals surface area contributed by atoms with Crippen molar-refractivity contribution < 1.29 is 28.6 Å². The van der Waals surface area contributed by atoms with Gasteiger partial charge in [-0.1, -0.05) is 216 Å². The average Bonchev–Trinajstić information content (AvgIpc) is 3.28. The summed E-state index contributed by atoms with van der Waals surface area (Å²) in [7, 11) is 0. The van der Waals surface area contributed by atoms with E-state index in [-0.39, 0.29) is 44.0 Å². The van der Waals surface area contributed by atoms with Gasteiger partial charge in [0.2, 0.25) is 0 Å². The number of carbonyl (C=O) groups excluding carboxylic acids is 3. The van der Waals surface area contributed by atoms with E-state index in [1.165, 1.54) is 135 Å². The Hall–Kier alpha value is -3.15. The van der Waals surface area contributed by atoms with Crippen LogP contribution >= 0.6 is 0 Å². The number of ether oxygens (including phenoxy) is 3. The second-order valence-corrected chi connectivity index (χ2v) is 17.4. The van der Waals surface area contributed by atoms with E-state index in [2.05, 4.69) is 93.7 Å². The molecule has 0 bridgehead atoms. The molecular weight excluding hydrogens is 781 g/mol. The van der Waals surface area contributed by atoms with Gasteiger partial charge in [-0.05, 0) is 89.9 Å². The molecule has 0 aromatic rings. The summed E-state index contributed by atoms with van der Waals surface area (Å²) in [5.41, 5.74) is 0. The molecular formula is C57H98O6. The lowest BCUT2D eigenvalue weighted by atomic mass is 10.0. The summed E-state index contributed by atoms with van der Waals surface area (Å²) in [4.78, 5) is 38.0. The second kappa shape index (κ2) is 51.5. The number of hydrogen-bond donors (Lipinski definition) is 0. The molecule has 0 unspecified atom stereocenters. The minimum Gasteiger partial charge on any atom is -0.462 e. The quantitative estimate of drug-likeness (QED) is 0.0262.